The van der Waals surface area contributed by atoms with E-state index in [4.69, 9.17) is 0 Å². The van der Waals surface area contributed by atoms with Crippen LogP contribution >= 0.6 is 0 Å². The van der Waals surface area contributed by atoms with Gasteiger partial charge in [0.15, 0.2) is 0 Å². The summed E-state index contributed by atoms with van der Waals surface area (Å²) in [5, 5.41) is 2.90. The molecule has 0 aromatic heterocycles. The highest BCUT2D eigenvalue weighted by Crippen LogP contribution is 2.41. The van der Waals surface area contributed by atoms with Gasteiger partial charge in [-0.3, -0.25) is 9.59 Å². The summed E-state index contributed by atoms with van der Waals surface area (Å²) >= 11 is 0. The van der Waals surface area contributed by atoms with Crippen molar-refractivity contribution in [3.63, 3.8) is 0 Å². The first-order valence-corrected chi connectivity index (χ1v) is 8.50. The summed E-state index contributed by atoms with van der Waals surface area (Å²) in [7, 11) is 3.66. The van der Waals surface area contributed by atoms with E-state index in [1.54, 1.807) is 4.90 Å². The van der Waals surface area contributed by atoms with Crippen LogP contribution in [0.25, 0.3) is 0 Å². The molecule has 0 saturated heterocycles. The second-order valence-corrected chi connectivity index (χ2v) is 7.06. The zero-order valence-electron chi connectivity index (χ0n) is 14.7. The molecule has 0 spiro atoms. The molecule has 1 fully saturated rings. The standard InChI is InChI=1S/C19H28N2O2/c1-14(2)17(22)20-16-10-8-15(9-11-16)19(18(23)21(3)4)12-6-5-7-13-19/h8-11,14H,5-7,12-13H2,1-4H3,(H,20,22). The van der Waals surface area contributed by atoms with Crippen molar-refractivity contribution in [2.24, 2.45) is 5.92 Å². The van der Waals surface area contributed by atoms with Crippen molar-refractivity contribution in [1.82, 2.24) is 4.90 Å². The van der Waals surface area contributed by atoms with Crippen molar-refractivity contribution in [3.8, 4) is 0 Å². The van der Waals surface area contributed by atoms with Crippen molar-refractivity contribution in [2.75, 3.05) is 19.4 Å². The number of nitrogens with one attached hydrogen (secondary N) is 1. The molecular formula is C19H28N2O2. The molecule has 23 heavy (non-hydrogen) atoms. The SMILES string of the molecule is CC(C)C(=O)Nc1ccc(C2(C(=O)N(C)C)CCCCC2)cc1. The smallest absolute Gasteiger partial charge is 0.232 e. The van der Waals surface area contributed by atoms with Gasteiger partial charge in [-0.25, -0.2) is 0 Å². The molecule has 0 atom stereocenters. The van der Waals surface area contributed by atoms with E-state index in [2.05, 4.69) is 5.32 Å². The van der Waals surface area contributed by atoms with Gasteiger partial charge in [0.2, 0.25) is 11.8 Å². The maximum absolute atomic E-state index is 12.8. The molecule has 0 heterocycles. The molecule has 1 N–H and O–H groups in total. The topological polar surface area (TPSA) is 49.4 Å². The second-order valence-electron chi connectivity index (χ2n) is 7.06. The van der Waals surface area contributed by atoms with E-state index < -0.39 is 5.41 Å². The minimum atomic E-state index is -0.400. The first-order chi connectivity index (χ1) is 10.9. The van der Waals surface area contributed by atoms with Crippen LogP contribution in [0.4, 0.5) is 5.69 Å². The Hall–Kier alpha value is -1.84. The van der Waals surface area contributed by atoms with E-state index >= 15 is 0 Å². The van der Waals surface area contributed by atoms with E-state index in [1.165, 1.54) is 6.42 Å². The number of nitrogens with zero attached hydrogens (tertiary/aromatic N) is 1. The van der Waals surface area contributed by atoms with Crippen LogP contribution in [0.15, 0.2) is 24.3 Å². The molecule has 2 amide bonds. The molecule has 1 aromatic carbocycles. The van der Waals surface area contributed by atoms with Crippen LogP contribution in [0.5, 0.6) is 0 Å². The average Bonchev–Trinajstić information content (AvgIpc) is 2.55. The first kappa shape index (κ1) is 17.5. The summed E-state index contributed by atoms with van der Waals surface area (Å²) in [5.74, 6) is 0.153. The zero-order chi connectivity index (χ0) is 17.0. The monoisotopic (exact) mass is 316 g/mol. The summed E-state index contributed by atoms with van der Waals surface area (Å²) in [5.41, 5.74) is 1.46. The lowest BCUT2D eigenvalue weighted by molar-refractivity contribution is -0.136. The summed E-state index contributed by atoms with van der Waals surface area (Å²) < 4.78 is 0. The molecule has 4 heteroatoms. The molecule has 0 radical (unpaired) electrons. The summed E-state index contributed by atoms with van der Waals surface area (Å²) in [6.07, 6.45) is 5.19. The minimum Gasteiger partial charge on any atom is -0.348 e. The number of carbonyl (C=O) groups excluding carboxylic acids is 2. The third-order valence-corrected chi connectivity index (χ3v) is 4.75. The Morgan fingerprint density at radius 3 is 2.09 bits per heavy atom. The van der Waals surface area contributed by atoms with E-state index in [9.17, 15) is 9.59 Å². The van der Waals surface area contributed by atoms with E-state index in [0.29, 0.717) is 0 Å². The van der Waals surface area contributed by atoms with Crippen LogP contribution in [0.1, 0.15) is 51.5 Å². The van der Waals surface area contributed by atoms with Gasteiger partial charge in [-0.15, -0.1) is 0 Å². The lowest BCUT2D eigenvalue weighted by Gasteiger charge is -2.38. The Morgan fingerprint density at radius 2 is 1.61 bits per heavy atom. The van der Waals surface area contributed by atoms with E-state index in [-0.39, 0.29) is 17.7 Å². The number of amides is 2. The number of hydrogen-bond donors (Lipinski definition) is 1. The fourth-order valence-corrected chi connectivity index (χ4v) is 3.37. The predicted octanol–water partition coefficient (Wildman–Crippen LogP) is 3.57. The third kappa shape index (κ3) is 3.74. The number of likely N-dealkylation sites (N-methyl/N-ethyl adjacent to an activating group) is 1. The maximum atomic E-state index is 12.8. The van der Waals surface area contributed by atoms with Crippen LogP contribution in [0.3, 0.4) is 0 Å². The second kappa shape index (κ2) is 7.16. The summed E-state index contributed by atoms with van der Waals surface area (Å²) in [6.45, 7) is 3.74. The molecule has 1 saturated carbocycles. The number of carbonyl (C=O) groups is 2. The molecule has 4 nitrogen and oxygen atoms in total. The molecular weight excluding hydrogens is 288 g/mol. The molecule has 0 unspecified atom stereocenters. The average molecular weight is 316 g/mol. The van der Waals surface area contributed by atoms with Crippen molar-refractivity contribution >= 4 is 17.5 Å². The van der Waals surface area contributed by atoms with Crippen molar-refractivity contribution < 1.29 is 9.59 Å². The maximum Gasteiger partial charge on any atom is 0.232 e. The quantitative estimate of drug-likeness (QED) is 0.923. The van der Waals surface area contributed by atoms with Crippen molar-refractivity contribution in [1.29, 1.82) is 0 Å². The molecule has 2 rings (SSSR count). The van der Waals surface area contributed by atoms with Gasteiger partial charge in [0.1, 0.15) is 0 Å². The Labute approximate surface area is 139 Å². The molecule has 126 valence electrons. The third-order valence-electron chi connectivity index (χ3n) is 4.75. The van der Waals surface area contributed by atoms with Crippen molar-refractivity contribution in [3.05, 3.63) is 29.8 Å². The van der Waals surface area contributed by atoms with Gasteiger partial charge in [0.25, 0.3) is 0 Å². The highest BCUT2D eigenvalue weighted by molar-refractivity contribution is 5.92. The van der Waals surface area contributed by atoms with Crippen molar-refractivity contribution in [2.45, 2.75) is 51.4 Å². The van der Waals surface area contributed by atoms with Crippen LogP contribution in [0, 0.1) is 5.92 Å². The van der Waals surface area contributed by atoms with Gasteiger partial charge in [0.05, 0.1) is 5.41 Å². The molecule has 0 bridgehead atoms. The normalized spacial score (nSPS) is 16.9. The van der Waals surface area contributed by atoms with Crippen LogP contribution in [-0.2, 0) is 15.0 Å². The van der Waals surface area contributed by atoms with E-state index in [0.717, 1.165) is 36.9 Å². The summed E-state index contributed by atoms with van der Waals surface area (Å²) in [4.78, 5) is 26.3. The predicted molar refractivity (Wildman–Crippen MR) is 93.4 cm³/mol. The molecule has 0 aliphatic heterocycles. The lowest BCUT2D eigenvalue weighted by atomic mass is 9.68. The van der Waals surface area contributed by atoms with Gasteiger partial charge < -0.3 is 10.2 Å². The Morgan fingerprint density at radius 1 is 1.04 bits per heavy atom. The van der Waals surface area contributed by atoms with Crippen LogP contribution in [-0.4, -0.2) is 30.8 Å². The number of anilines is 1. The van der Waals surface area contributed by atoms with Crippen LogP contribution in [0.2, 0.25) is 0 Å². The Kier molecular flexibility index (Phi) is 5.45. The minimum absolute atomic E-state index is 0.00879. The summed E-state index contributed by atoms with van der Waals surface area (Å²) in [6, 6.07) is 7.83. The van der Waals surface area contributed by atoms with Gasteiger partial charge >= 0.3 is 0 Å². The van der Waals surface area contributed by atoms with Gasteiger partial charge in [-0.1, -0.05) is 45.2 Å². The van der Waals surface area contributed by atoms with Gasteiger partial charge in [0, 0.05) is 25.7 Å². The largest absolute Gasteiger partial charge is 0.348 e. The number of benzene rings is 1. The van der Waals surface area contributed by atoms with Gasteiger partial charge in [-0.2, -0.15) is 0 Å². The highest BCUT2D eigenvalue weighted by Gasteiger charge is 2.41. The highest BCUT2D eigenvalue weighted by atomic mass is 16.2. The fraction of sp³-hybridized carbons (Fsp3) is 0.579. The molecule has 1 aliphatic rings. The number of hydrogen-bond acceptors (Lipinski definition) is 2. The van der Waals surface area contributed by atoms with Gasteiger partial charge in [-0.05, 0) is 30.5 Å². The van der Waals surface area contributed by atoms with E-state index in [1.807, 2.05) is 52.2 Å². The Bertz CT molecular complexity index is 555. The number of rotatable bonds is 4. The molecule has 1 aromatic rings. The zero-order valence-corrected chi connectivity index (χ0v) is 14.7. The van der Waals surface area contributed by atoms with Crippen LogP contribution < -0.4 is 5.32 Å². The fourth-order valence-electron chi connectivity index (χ4n) is 3.37. The lowest BCUT2D eigenvalue weighted by Crippen LogP contribution is -2.45. The molecule has 1 aliphatic carbocycles. The Balaban J connectivity index is 2.26. The first-order valence-electron chi connectivity index (χ1n) is 8.50.